The average molecular weight is 699 g/mol. The number of barbiturate groups is 1. The highest BCUT2D eigenvalue weighted by Gasteiger charge is 2.43. The van der Waals surface area contributed by atoms with E-state index >= 15 is 0 Å². The van der Waals surface area contributed by atoms with Gasteiger partial charge in [-0.2, -0.15) is 0 Å². The van der Waals surface area contributed by atoms with Gasteiger partial charge in [-0.15, -0.1) is 0 Å². The van der Waals surface area contributed by atoms with Gasteiger partial charge in [0, 0.05) is 15.6 Å². The number of urea groups is 1. The molecule has 1 saturated heterocycles. The van der Waals surface area contributed by atoms with Crippen LogP contribution in [0.15, 0.2) is 96.6 Å². The summed E-state index contributed by atoms with van der Waals surface area (Å²) < 4.78 is 12.3. The average Bonchev–Trinajstić information content (AvgIpc) is 2.96. The Labute approximate surface area is 260 Å². The van der Waals surface area contributed by atoms with Crippen molar-refractivity contribution >= 4 is 81.1 Å². The van der Waals surface area contributed by atoms with E-state index in [2.05, 4.69) is 22.6 Å². The van der Waals surface area contributed by atoms with Crippen LogP contribution in [0, 0.1) is 3.57 Å². The van der Waals surface area contributed by atoms with E-state index in [9.17, 15) is 14.4 Å². The van der Waals surface area contributed by atoms with Gasteiger partial charge in [0.15, 0.2) is 11.5 Å². The molecule has 0 aliphatic carbocycles. The van der Waals surface area contributed by atoms with Gasteiger partial charge in [-0.1, -0.05) is 65.7 Å². The molecule has 0 bridgehead atoms. The van der Waals surface area contributed by atoms with Crippen molar-refractivity contribution in [3.63, 3.8) is 0 Å². The first-order chi connectivity index (χ1) is 19.8. The minimum atomic E-state index is -0.758. The van der Waals surface area contributed by atoms with Crippen molar-refractivity contribution in [1.29, 1.82) is 0 Å². The van der Waals surface area contributed by atoms with Crippen LogP contribution in [-0.2, 0) is 16.2 Å². The van der Waals surface area contributed by atoms with E-state index in [1.165, 1.54) is 13.2 Å². The third-order valence-corrected chi connectivity index (χ3v) is 7.62. The van der Waals surface area contributed by atoms with Gasteiger partial charge in [-0.3, -0.25) is 9.59 Å². The number of benzene rings is 4. The lowest BCUT2D eigenvalue weighted by molar-refractivity contribution is -0.121. The second-order valence-corrected chi connectivity index (χ2v) is 10.9. The fraction of sp³-hybridized carbons (Fsp3) is 0.0645. The predicted molar refractivity (Wildman–Crippen MR) is 168 cm³/mol. The number of nitrogens with zero attached hydrogens (tertiary/aromatic N) is 2. The minimum absolute atomic E-state index is 0.167. The fourth-order valence-electron chi connectivity index (χ4n) is 4.26. The molecule has 206 valence electrons. The molecule has 10 heteroatoms. The zero-order valence-corrected chi connectivity index (χ0v) is 25.2. The molecule has 0 N–H and O–H groups in total. The van der Waals surface area contributed by atoms with Crippen LogP contribution in [-0.4, -0.2) is 25.0 Å². The number of anilines is 2. The SMILES string of the molecule is COc1cc(C=C2C(=O)N(c3ccccc3)C(=O)N(c3ccccc3)C2=O)cc(I)c1OCc1ccc(Cl)cc1Cl. The predicted octanol–water partition coefficient (Wildman–Crippen LogP) is 7.77. The zero-order chi connectivity index (χ0) is 29.1. The molecule has 4 aromatic rings. The number of carbonyl (C=O) groups excluding carboxylic acids is 3. The number of rotatable bonds is 7. The first-order valence-electron chi connectivity index (χ1n) is 12.3. The van der Waals surface area contributed by atoms with Crippen LogP contribution >= 0.6 is 45.8 Å². The maximum atomic E-state index is 13.7. The van der Waals surface area contributed by atoms with Gasteiger partial charge in [0.25, 0.3) is 11.8 Å². The Morgan fingerprint density at radius 3 is 1.93 bits per heavy atom. The number of carbonyl (C=O) groups is 3. The second kappa shape index (κ2) is 12.3. The number of imide groups is 2. The van der Waals surface area contributed by atoms with Crippen molar-refractivity contribution < 1.29 is 23.9 Å². The standard InChI is InChI=1S/C31H21Cl2IN2O5/c1-40-27-16-19(15-26(34)28(27)41-18-20-12-13-21(32)17-25(20)33)14-24-29(37)35(22-8-4-2-5-9-22)31(39)36(30(24)38)23-10-6-3-7-11-23/h2-17H,18H2,1H3. The Hall–Kier alpha value is -3.86. The molecular formula is C31H21Cl2IN2O5. The summed E-state index contributed by atoms with van der Waals surface area (Å²) in [5.41, 5.74) is 1.76. The summed E-state index contributed by atoms with van der Waals surface area (Å²) in [6.07, 6.45) is 1.45. The molecule has 41 heavy (non-hydrogen) atoms. The lowest BCUT2D eigenvalue weighted by Gasteiger charge is -2.34. The molecule has 4 amide bonds. The highest BCUT2D eigenvalue weighted by molar-refractivity contribution is 14.1. The summed E-state index contributed by atoms with van der Waals surface area (Å²) in [6.45, 7) is 0.167. The Morgan fingerprint density at radius 1 is 0.805 bits per heavy atom. The summed E-state index contributed by atoms with van der Waals surface area (Å²) in [4.78, 5) is 42.8. The molecule has 0 spiro atoms. The summed E-state index contributed by atoms with van der Waals surface area (Å²) in [6, 6.07) is 24.8. The molecule has 0 atom stereocenters. The zero-order valence-electron chi connectivity index (χ0n) is 21.5. The molecule has 1 heterocycles. The summed E-state index contributed by atoms with van der Waals surface area (Å²) in [7, 11) is 1.49. The van der Waals surface area contributed by atoms with Crippen LogP contribution in [0.4, 0.5) is 16.2 Å². The number of ether oxygens (including phenoxy) is 2. The molecule has 0 unspecified atom stereocenters. The van der Waals surface area contributed by atoms with Crippen molar-refractivity contribution in [2.45, 2.75) is 6.61 Å². The molecular weight excluding hydrogens is 678 g/mol. The summed E-state index contributed by atoms with van der Waals surface area (Å²) in [5, 5.41) is 0.996. The lowest BCUT2D eigenvalue weighted by Crippen LogP contribution is -2.57. The molecule has 1 aliphatic heterocycles. The number of hydrogen-bond donors (Lipinski definition) is 0. The van der Waals surface area contributed by atoms with Crippen LogP contribution in [0.25, 0.3) is 6.08 Å². The van der Waals surface area contributed by atoms with Crippen molar-refractivity contribution in [1.82, 2.24) is 0 Å². The topological polar surface area (TPSA) is 76.2 Å². The maximum absolute atomic E-state index is 13.7. The van der Waals surface area contributed by atoms with Crippen LogP contribution < -0.4 is 19.3 Å². The smallest absolute Gasteiger partial charge is 0.343 e. The Kier molecular flexibility index (Phi) is 8.63. The van der Waals surface area contributed by atoms with Gasteiger partial charge in [0.1, 0.15) is 12.2 Å². The van der Waals surface area contributed by atoms with Crippen molar-refractivity contribution in [2.24, 2.45) is 0 Å². The van der Waals surface area contributed by atoms with Crippen molar-refractivity contribution in [2.75, 3.05) is 16.9 Å². The third-order valence-electron chi connectivity index (χ3n) is 6.23. The summed E-state index contributed by atoms with van der Waals surface area (Å²) >= 11 is 14.4. The molecule has 7 nitrogen and oxygen atoms in total. The van der Waals surface area contributed by atoms with E-state index in [1.807, 2.05) is 0 Å². The lowest BCUT2D eigenvalue weighted by atomic mass is 10.0. The van der Waals surface area contributed by atoms with E-state index in [4.69, 9.17) is 32.7 Å². The molecule has 0 radical (unpaired) electrons. The van der Waals surface area contributed by atoms with Gasteiger partial charge < -0.3 is 9.47 Å². The number of amides is 4. The van der Waals surface area contributed by atoms with Gasteiger partial charge in [0.2, 0.25) is 0 Å². The third kappa shape index (κ3) is 5.95. The molecule has 0 saturated carbocycles. The largest absolute Gasteiger partial charge is 0.493 e. The highest BCUT2D eigenvalue weighted by Crippen LogP contribution is 2.37. The summed E-state index contributed by atoms with van der Waals surface area (Å²) in [5.74, 6) is -0.606. The van der Waals surface area contributed by atoms with Crippen molar-refractivity contribution in [3.05, 3.63) is 121 Å². The van der Waals surface area contributed by atoms with E-state index in [0.29, 0.717) is 42.1 Å². The van der Waals surface area contributed by atoms with Crippen molar-refractivity contribution in [3.8, 4) is 11.5 Å². The van der Waals surface area contributed by atoms with E-state index in [1.54, 1.807) is 91.0 Å². The number of hydrogen-bond acceptors (Lipinski definition) is 5. The maximum Gasteiger partial charge on any atom is 0.343 e. The second-order valence-electron chi connectivity index (χ2n) is 8.85. The molecule has 5 rings (SSSR count). The van der Waals surface area contributed by atoms with Crippen LogP contribution in [0.1, 0.15) is 11.1 Å². The number of para-hydroxylation sites is 2. The molecule has 1 fully saturated rings. The molecule has 1 aliphatic rings. The first-order valence-corrected chi connectivity index (χ1v) is 14.1. The normalized spacial score (nSPS) is 13.5. The fourth-order valence-corrected chi connectivity index (χ4v) is 5.50. The minimum Gasteiger partial charge on any atom is -0.493 e. The Morgan fingerprint density at radius 2 is 1.39 bits per heavy atom. The van der Waals surface area contributed by atoms with Gasteiger partial charge >= 0.3 is 6.03 Å². The monoisotopic (exact) mass is 698 g/mol. The molecule has 4 aromatic carbocycles. The Bertz CT molecular complexity index is 1620. The van der Waals surface area contributed by atoms with Gasteiger partial charge in [-0.25, -0.2) is 14.6 Å². The van der Waals surface area contributed by atoms with Crippen LogP contribution in [0.3, 0.4) is 0 Å². The van der Waals surface area contributed by atoms with E-state index < -0.39 is 17.8 Å². The van der Waals surface area contributed by atoms with Crippen LogP contribution in [0.5, 0.6) is 11.5 Å². The Balaban J connectivity index is 1.53. The van der Waals surface area contributed by atoms with Gasteiger partial charge in [-0.05, 0) is 82.8 Å². The van der Waals surface area contributed by atoms with Crippen LogP contribution in [0.2, 0.25) is 10.0 Å². The molecule has 0 aromatic heterocycles. The van der Waals surface area contributed by atoms with E-state index in [0.717, 1.165) is 15.4 Å². The highest BCUT2D eigenvalue weighted by atomic mass is 127. The quantitative estimate of drug-likeness (QED) is 0.112. The first kappa shape index (κ1) is 28.7. The van der Waals surface area contributed by atoms with E-state index in [-0.39, 0.29) is 12.2 Å². The number of halogens is 3. The number of methoxy groups -OCH3 is 1. The van der Waals surface area contributed by atoms with Gasteiger partial charge in [0.05, 0.1) is 22.1 Å².